The number of H-pyrrole nitrogens is 1. The van der Waals surface area contributed by atoms with Crippen molar-refractivity contribution in [1.82, 2.24) is 4.98 Å². The Bertz CT molecular complexity index is 199. The van der Waals surface area contributed by atoms with Gasteiger partial charge in [-0.2, -0.15) is 0 Å². The zero-order valence-electron chi connectivity index (χ0n) is 7.70. The van der Waals surface area contributed by atoms with Crippen molar-refractivity contribution in [3.63, 3.8) is 0 Å². The molecule has 0 aliphatic heterocycles. The van der Waals surface area contributed by atoms with E-state index in [1.165, 1.54) is 0 Å². The standard InChI is InChI=1S/C9H17N3.ClH/c10-6-2-1-4-8(11)9-5-3-7-12-9;/h3,5,7-8,12H,1-2,4,6,10-11H2;1H/t8-;/m0./s1. The Morgan fingerprint density at radius 3 is 2.69 bits per heavy atom. The Kier molecular flexibility index (Phi) is 6.68. The molecule has 0 saturated heterocycles. The fraction of sp³-hybridized carbons (Fsp3) is 0.556. The summed E-state index contributed by atoms with van der Waals surface area (Å²) >= 11 is 0. The zero-order valence-corrected chi connectivity index (χ0v) is 8.52. The van der Waals surface area contributed by atoms with Gasteiger partial charge in [-0.3, -0.25) is 0 Å². The SMILES string of the molecule is Cl.NCCCC[C@H](N)c1ccc[nH]1. The first kappa shape index (κ1) is 12.5. The van der Waals surface area contributed by atoms with E-state index in [-0.39, 0.29) is 18.4 Å². The molecule has 4 heteroatoms. The van der Waals surface area contributed by atoms with Crippen LogP contribution in [-0.2, 0) is 0 Å². The molecule has 0 fully saturated rings. The summed E-state index contributed by atoms with van der Waals surface area (Å²) in [6.45, 7) is 0.761. The van der Waals surface area contributed by atoms with Crippen LogP contribution in [-0.4, -0.2) is 11.5 Å². The first-order chi connectivity index (χ1) is 5.84. The molecular formula is C9H18ClN3. The minimum absolute atomic E-state index is 0. The maximum atomic E-state index is 5.91. The van der Waals surface area contributed by atoms with Gasteiger partial charge in [0.1, 0.15) is 0 Å². The highest BCUT2D eigenvalue weighted by molar-refractivity contribution is 5.85. The van der Waals surface area contributed by atoms with Crippen molar-refractivity contribution < 1.29 is 0 Å². The molecule has 0 spiro atoms. The summed E-state index contributed by atoms with van der Waals surface area (Å²) in [6.07, 6.45) is 5.08. The Morgan fingerprint density at radius 1 is 1.38 bits per heavy atom. The number of unbranched alkanes of at least 4 members (excludes halogenated alkanes) is 1. The van der Waals surface area contributed by atoms with E-state index in [0.717, 1.165) is 31.5 Å². The molecule has 0 radical (unpaired) electrons. The average Bonchev–Trinajstić information content (AvgIpc) is 2.56. The predicted molar refractivity (Wildman–Crippen MR) is 57.9 cm³/mol. The molecule has 3 nitrogen and oxygen atoms in total. The van der Waals surface area contributed by atoms with Gasteiger partial charge in [-0.25, -0.2) is 0 Å². The van der Waals surface area contributed by atoms with Crippen LogP contribution in [0.25, 0.3) is 0 Å². The number of nitrogens with two attached hydrogens (primary N) is 2. The molecule has 0 saturated carbocycles. The Balaban J connectivity index is 0.00000144. The van der Waals surface area contributed by atoms with Crippen LogP contribution >= 0.6 is 12.4 Å². The summed E-state index contributed by atoms with van der Waals surface area (Å²) < 4.78 is 0. The number of nitrogens with one attached hydrogen (secondary N) is 1. The fourth-order valence-corrected chi connectivity index (χ4v) is 1.24. The molecule has 1 atom stereocenters. The lowest BCUT2D eigenvalue weighted by molar-refractivity contribution is 0.582. The summed E-state index contributed by atoms with van der Waals surface area (Å²) in [4.78, 5) is 3.11. The lowest BCUT2D eigenvalue weighted by Gasteiger charge is -2.08. The smallest absolute Gasteiger partial charge is 0.0447 e. The predicted octanol–water partition coefficient (Wildman–Crippen LogP) is 1.57. The van der Waals surface area contributed by atoms with Crippen LogP contribution in [0.1, 0.15) is 31.0 Å². The Labute approximate surface area is 85.3 Å². The van der Waals surface area contributed by atoms with Gasteiger partial charge >= 0.3 is 0 Å². The van der Waals surface area contributed by atoms with Gasteiger partial charge in [-0.1, -0.05) is 6.42 Å². The third kappa shape index (κ3) is 4.31. The fourth-order valence-electron chi connectivity index (χ4n) is 1.24. The minimum Gasteiger partial charge on any atom is -0.364 e. The van der Waals surface area contributed by atoms with Crippen molar-refractivity contribution in [1.29, 1.82) is 0 Å². The highest BCUT2D eigenvalue weighted by atomic mass is 35.5. The zero-order chi connectivity index (χ0) is 8.81. The van der Waals surface area contributed by atoms with Gasteiger partial charge in [-0.05, 0) is 31.5 Å². The van der Waals surface area contributed by atoms with Gasteiger partial charge in [0, 0.05) is 17.9 Å². The summed E-state index contributed by atoms with van der Waals surface area (Å²) in [5, 5.41) is 0. The van der Waals surface area contributed by atoms with Crippen molar-refractivity contribution in [2.45, 2.75) is 25.3 Å². The van der Waals surface area contributed by atoms with Crippen molar-refractivity contribution in [3.05, 3.63) is 24.0 Å². The van der Waals surface area contributed by atoms with Crippen LogP contribution in [0.15, 0.2) is 18.3 Å². The lowest BCUT2D eigenvalue weighted by atomic mass is 10.1. The van der Waals surface area contributed by atoms with Crippen molar-refractivity contribution in [3.8, 4) is 0 Å². The maximum Gasteiger partial charge on any atom is 0.0447 e. The van der Waals surface area contributed by atoms with Gasteiger partial charge in [0.15, 0.2) is 0 Å². The molecule has 0 amide bonds. The highest BCUT2D eigenvalue weighted by Gasteiger charge is 2.04. The molecule has 1 rings (SSSR count). The topological polar surface area (TPSA) is 67.8 Å². The molecule has 1 aromatic heterocycles. The van der Waals surface area contributed by atoms with Crippen LogP contribution < -0.4 is 11.5 Å². The van der Waals surface area contributed by atoms with E-state index >= 15 is 0 Å². The summed E-state index contributed by atoms with van der Waals surface area (Å²) in [5.74, 6) is 0. The van der Waals surface area contributed by atoms with Gasteiger partial charge in [0.05, 0.1) is 0 Å². The molecule has 5 N–H and O–H groups in total. The molecule has 13 heavy (non-hydrogen) atoms. The molecule has 0 aliphatic carbocycles. The van der Waals surface area contributed by atoms with Crippen LogP contribution in [0.5, 0.6) is 0 Å². The van der Waals surface area contributed by atoms with E-state index in [4.69, 9.17) is 11.5 Å². The first-order valence-corrected chi connectivity index (χ1v) is 4.43. The average molecular weight is 204 g/mol. The molecule has 0 aliphatic rings. The third-order valence-corrected chi connectivity index (χ3v) is 1.99. The third-order valence-electron chi connectivity index (χ3n) is 1.99. The first-order valence-electron chi connectivity index (χ1n) is 4.43. The van der Waals surface area contributed by atoms with E-state index < -0.39 is 0 Å². The molecule has 0 aromatic carbocycles. The van der Waals surface area contributed by atoms with Crippen LogP contribution in [0.2, 0.25) is 0 Å². The van der Waals surface area contributed by atoms with E-state index in [0.29, 0.717) is 0 Å². The molecule has 76 valence electrons. The Morgan fingerprint density at radius 2 is 2.15 bits per heavy atom. The highest BCUT2D eigenvalue weighted by Crippen LogP contribution is 2.13. The largest absolute Gasteiger partial charge is 0.364 e. The van der Waals surface area contributed by atoms with Crippen LogP contribution in [0.3, 0.4) is 0 Å². The molecule has 1 heterocycles. The van der Waals surface area contributed by atoms with E-state index in [1.807, 2.05) is 18.3 Å². The number of hydrogen-bond acceptors (Lipinski definition) is 2. The second-order valence-electron chi connectivity index (χ2n) is 3.02. The number of hydrogen-bond donors (Lipinski definition) is 3. The normalized spacial score (nSPS) is 12.2. The van der Waals surface area contributed by atoms with Crippen molar-refractivity contribution in [2.24, 2.45) is 11.5 Å². The summed E-state index contributed by atoms with van der Waals surface area (Å²) in [5.41, 5.74) is 12.4. The van der Waals surface area contributed by atoms with E-state index in [1.54, 1.807) is 0 Å². The van der Waals surface area contributed by atoms with Crippen molar-refractivity contribution in [2.75, 3.05) is 6.54 Å². The van der Waals surface area contributed by atoms with Crippen molar-refractivity contribution >= 4 is 12.4 Å². The maximum absolute atomic E-state index is 5.91. The number of aromatic amines is 1. The number of aromatic nitrogens is 1. The summed E-state index contributed by atoms with van der Waals surface area (Å²) in [6, 6.07) is 4.14. The summed E-state index contributed by atoms with van der Waals surface area (Å²) in [7, 11) is 0. The quantitative estimate of drug-likeness (QED) is 0.636. The van der Waals surface area contributed by atoms with Gasteiger partial charge in [0.2, 0.25) is 0 Å². The Hall–Kier alpha value is -0.510. The minimum atomic E-state index is 0. The van der Waals surface area contributed by atoms with E-state index in [9.17, 15) is 0 Å². The number of halogens is 1. The second kappa shape index (κ2) is 6.95. The molecular weight excluding hydrogens is 186 g/mol. The van der Waals surface area contributed by atoms with Gasteiger partial charge in [-0.15, -0.1) is 12.4 Å². The van der Waals surface area contributed by atoms with Gasteiger partial charge in [0.25, 0.3) is 0 Å². The number of rotatable bonds is 5. The molecule has 0 unspecified atom stereocenters. The van der Waals surface area contributed by atoms with E-state index in [2.05, 4.69) is 4.98 Å². The van der Waals surface area contributed by atoms with Crippen LogP contribution in [0.4, 0.5) is 0 Å². The lowest BCUT2D eigenvalue weighted by Crippen LogP contribution is -2.11. The van der Waals surface area contributed by atoms with Crippen LogP contribution in [0, 0.1) is 0 Å². The van der Waals surface area contributed by atoms with Gasteiger partial charge < -0.3 is 16.5 Å². The molecule has 1 aromatic rings. The second-order valence-corrected chi connectivity index (χ2v) is 3.02. The molecule has 0 bridgehead atoms. The monoisotopic (exact) mass is 203 g/mol.